The van der Waals surface area contributed by atoms with Crippen molar-refractivity contribution >= 4 is 17.3 Å². The highest BCUT2D eigenvalue weighted by Gasteiger charge is 2.01. The number of thiazole rings is 1. The van der Waals surface area contributed by atoms with E-state index in [1.165, 1.54) is 0 Å². The van der Waals surface area contributed by atoms with E-state index in [2.05, 4.69) is 26.0 Å². The van der Waals surface area contributed by atoms with Gasteiger partial charge in [0.15, 0.2) is 5.96 Å². The molecule has 1 aromatic carbocycles. The lowest BCUT2D eigenvalue weighted by atomic mass is 10.2. The van der Waals surface area contributed by atoms with Crippen molar-refractivity contribution in [2.45, 2.75) is 20.3 Å². The number of nitrogens with zero attached hydrogens (tertiary/aromatic N) is 2. The van der Waals surface area contributed by atoms with Crippen LogP contribution in [0.1, 0.15) is 16.3 Å². The van der Waals surface area contributed by atoms with Crippen LogP contribution >= 0.6 is 11.3 Å². The summed E-state index contributed by atoms with van der Waals surface area (Å²) < 4.78 is 5.75. The van der Waals surface area contributed by atoms with E-state index in [0.717, 1.165) is 40.9 Å². The van der Waals surface area contributed by atoms with E-state index in [9.17, 15) is 0 Å². The second kappa shape index (κ2) is 9.15. The van der Waals surface area contributed by atoms with Gasteiger partial charge in [0.2, 0.25) is 0 Å². The second-order valence-corrected chi connectivity index (χ2v) is 6.21. The number of aromatic nitrogens is 1. The van der Waals surface area contributed by atoms with Crippen LogP contribution in [0.5, 0.6) is 5.75 Å². The molecule has 0 saturated carbocycles. The van der Waals surface area contributed by atoms with Crippen LogP contribution in [-0.4, -0.2) is 37.7 Å². The zero-order chi connectivity index (χ0) is 16.5. The molecule has 0 aliphatic carbocycles. The fourth-order valence-electron chi connectivity index (χ4n) is 2.10. The summed E-state index contributed by atoms with van der Waals surface area (Å²) in [5.41, 5.74) is 2.27. The van der Waals surface area contributed by atoms with Gasteiger partial charge in [0.05, 0.1) is 17.2 Å². The molecule has 0 unspecified atom stereocenters. The average Bonchev–Trinajstić information content (AvgIpc) is 2.96. The van der Waals surface area contributed by atoms with E-state index in [-0.39, 0.29) is 0 Å². The summed E-state index contributed by atoms with van der Waals surface area (Å²) in [5.74, 6) is 1.71. The zero-order valence-corrected chi connectivity index (χ0v) is 14.7. The third-order valence-corrected chi connectivity index (χ3v) is 4.13. The maximum Gasteiger partial charge on any atom is 0.191 e. The van der Waals surface area contributed by atoms with E-state index in [1.807, 2.05) is 38.1 Å². The summed E-state index contributed by atoms with van der Waals surface area (Å²) in [6.45, 7) is 6.17. The molecule has 2 rings (SSSR count). The van der Waals surface area contributed by atoms with Crippen LogP contribution in [0.4, 0.5) is 0 Å². The first kappa shape index (κ1) is 17.3. The minimum Gasteiger partial charge on any atom is -0.491 e. The molecule has 0 aliphatic heterocycles. The maximum atomic E-state index is 5.75. The Balaban J connectivity index is 1.64. The van der Waals surface area contributed by atoms with Crippen molar-refractivity contribution in [2.24, 2.45) is 4.99 Å². The molecule has 2 aromatic rings. The highest BCUT2D eigenvalue weighted by Crippen LogP contribution is 2.15. The fraction of sp³-hybridized carbons (Fsp3) is 0.412. The van der Waals surface area contributed by atoms with E-state index in [4.69, 9.17) is 4.74 Å². The molecule has 5 nitrogen and oxygen atoms in total. The van der Waals surface area contributed by atoms with E-state index in [0.29, 0.717) is 13.2 Å². The van der Waals surface area contributed by atoms with Gasteiger partial charge in [-0.1, -0.05) is 18.2 Å². The third-order valence-electron chi connectivity index (χ3n) is 3.31. The molecule has 1 aromatic heterocycles. The topological polar surface area (TPSA) is 58.5 Å². The van der Waals surface area contributed by atoms with Gasteiger partial charge in [-0.3, -0.25) is 4.99 Å². The smallest absolute Gasteiger partial charge is 0.191 e. The van der Waals surface area contributed by atoms with Gasteiger partial charge in [-0.05, 0) is 25.5 Å². The molecule has 0 spiro atoms. The van der Waals surface area contributed by atoms with E-state index >= 15 is 0 Å². The molecule has 0 fully saturated rings. The van der Waals surface area contributed by atoms with Crippen molar-refractivity contribution < 1.29 is 4.74 Å². The van der Waals surface area contributed by atoms with Crippen LogP contribution in [0.3, 0.4) is 0 Å². The Labute approximate surface area is 141 Å². The van der Waals surface area contributed by atoms with Gasteiger partial charge in [-0.25, -0.2) is 4.98 Å². The molecule has 2 N–H and O–H groups in total. The second-order valence-electron chi connectivity index (χ2n) is 5.15. The maximum absolute atomic E-state index is 5.75. The molecule has 0 bridgehead atoms. The van der Waals surface area contributed by atoms with Gasteiger partial charge >= 0.3 is 0 Å². The number of hydrogen-bond acceptors (Lipinski definition) is 4. The molecule has 0 atom stereocenters. The average molecular weight is 332 g/mol. The quantitative estimate of drug-likeness (QED) is 0.465. The number of aliphatic imine (C=N–C) groups is 1. The van der Waals surface area contributed by atoms with Crippen molar-refractivity contribution in [3.05, 3.63) is 45.9 Å². The summed E-state index contributed by atoms with van der Waals surface area (Å²) >= 11 is 1.68. The van der Waals surface area contributed by atoms with Crippen LogP contribution in [0.25, 0.3) is 0 Å². The van der Waals surface area contributed by atoms with Crippen molar-refractivity contribution in [3.63, 3.8) is 0 Å². The summed E-state index contributed by atoms with van der Waals surface area (Å²) in [5, 5.41) is 9.74. The van der Waals surface area contributed by atoms with Gasteiger partial charge < -0.3 is 15.4 Å². The number of rotatable bonds is 7. The summed E-state index contributed by atoms with van der Waals surface area (Å²) in [6.07, 6.45) is 0.894. The largest absolute Gasteiger partial charge is 0.491 e. The van der Waals surface area contributed by atoms with Crippen LogP contribution in [0, 0.1) is 13.8 Å². The summed E-state index contributed by atoms with van der Waals surface area (Å²) in [4.78, 5) is 8.66. The predicted molar refractivity (Wildman–Crippen MR) is 96.6 cm³/mol. The number of para-hydroxylation sites is 1. The van der Waals surface area contributed by atoms with Crippen LogP contribution in [-0.2, 0) is 6.42 Å². The number of nitrogens with one attached hydrogen (secondary N) is 2. The molecule has 0 radical (unpaired) electrons. The monoisotopic (exact) mass is 332 g/mol. The van der Waals surface area contributed by atoms with Crippen LogP contribution in [0.2, 0.25) is 0 Å². The minimum atomic E-state index is 0.594. The molecular weight excluding hydrogens is 308 g/mol. The van der Waals surface area contributed by atoms with E-state index in [1.54, 1.807) is 18.4 Å². The van der Waals surface area contributed by atoms with Crippen molar-refractivity contribution in [1.29, 1.82) is 0 Å². The Morgan fingerprint density at radius 3 is 2.70 bits per heavy atom. The SMILES string of the molecule is CN=C(NCCOc1ccccc1C)NCCc1csc(C)n1. The lowest BCUT2D eigenvalue weighted by molar-refractivity contribution is 0.320. The Kier molecular flexibility index (Phi) is 6.87. The highest BCUT2D eigenvalue weighted by atomic mass is 32.1. The minimum absolute atomic E-state index is 0.594. The van der Waals surface area contributed by atoms with Gasteiger partial charge in [-0.15, -0.1) is 11.3 Å². The molecule has 0 amide bonds. The predicted octanol–water partition coefficient (Wildman–Crippen LogP) is 2.55. The Morgan fingerprint density at radius 1 is 1.22 bits per heavy atom. The first-order valence-electron chi connectivity index (χ1n) is 7.73. The van der Waals surface area contributed by atoms with Gasteiger partial charge in [0.25, 0.3) is 0 Å². The first-order chi connectivity index (χ1) is 11.2. The lowest BCUT2D eigenvalue weighted by Gasteiger charge is -2.13. The molecule has 124 valence electrons. The van der Waals surface area contributed by atoms with Crippen LogP contribution in [0.15, 0.2) is 34.6 Å². The fourth-order valence-corrected chi connectivity index (χ4v) is 2.75. The zero-order valence-electron chi connectivity index (χ0n) is 13.9. The third kappa shape index (κ3) is 5.90. The number of benzene rings is 1. The molecule has 6 heteroatoms. The summed E-state index contributed by atoms with van der Waals surface area (Å²) in [6, 6.07) is 8.02. The van der Waals surface area contributed by atoms with Gasteiger partial charge in [0, 0.05) is 25.4 Å². The Morgan fingerprint density at radius 2 is 2.00 bits per heavy atom. The number of hydrogen-bond donors (Lipinski definition) is 2. The summed E-state index contributed by atoms with van der Waals surface area (Å²) in [7, 11) is 1.77. The van der Waals surface area contributed by atoms with Crippen molar-refractivity contribution in [2.75, 3.05) is 26.7 Å². The first-order valence-corrected chi connectivity index (χ1v) is 8.61. The highest BCUT2D eigenvalue weighted by molar-refractivity contribution is 7.09. The lowest BCUT2D eigenvalue weighted by Crippen LogP contribution is -2.40. The van der Waals surface area contributed by atoms with Crippen molar-refractivity contribution in [1.82, 2.24) is 15.6 Å². The van der Waals surface area contributed by atoms with Crippen LogP contribution < -0.4 is 15.4 Å². The molecular formula is C17H24N4OS. The number of ether oxygens (including phenoxy) is 1. The standard InChI is InChI=1S/C17H24N4OS/c1-13-6-4-5-7-16(13)22-11-10-20-17(18-3)19-9-8-15-12-23-14(2)21-15/h4-7,12H,8-11H2,1-3H3,(H2,18,19,20). The molecule has 0 aliphatic rings. The Bertz CT molecular complexity index is 639. The van der Waals surface area contributed by atoms with Crippen molar-refractivity contribution in [3.8, 4) is 5.75 Å². The van der Waals surface area contributed by atoms with Gasteiger partial charge in [0.1, 0.15) is 12.4 Å². The number of aryl methyl sites for hydroxylation is 2. The molecule has 0 saturated heterocycles. The van der Waals surface area contributed by atoms with Gasteiger partial charge in [-0.2, -0.15) is 0 Å². The Hall–Kier alpha value is -2.08. The van der Waals surface area contributed by atoms with E-state index < -0.39 is 0 Å². The normalized spacial score (nSPS) is 11.3. The molecule has 23 heavy (non-hydrogen) atoms. The number of guanidine groups is 1. The molecule has 1 heterocycles.